The van der Waals surface area contributed by atoms with Crippen molar-refractivity contribution in [1.82, 2.24) is 24.8 Å². The predicted molar refractivity (Wildman–Crippen MR) is 135 cm³/mol. The minimum atomic E-state index is 0.574. The fourth-order valence-electron chi connectivity index (χ4n) is 5.08. The van der Waals surface area contributed by atoms with E-state index in [1.165, 1.54) is 5.57 Å². The monoisotopic (exact) mass is 446 g/mol. The molecule has 2 aliphatic rings. The SMILES string of the molecule is CN/C(=C(/C)N)c1cnc2c3ccc(C4=CCN(C)CC4)nc3n(CC3CCOCC3)c2c1. The lowest BCUT2D eigenvalue weighted by atomic mass is 10.0. The van der Waals surface area contributed by atoms with Gasteiger partial charge in [0.15, 0.2) is 0 Å². The number of nitrogens with zero attached hydrogens (tertiary/aromatic N) is 4. The molecular weight excluding hydrogens is 412 g/mol. The third kappa shape index (κ3) is 4.23. The molecule has 174 valence electrons. The quantitative estimate of drug-likeness (QED) is 0.623. The molecule has 0 atom stereocenters. The average Bonchev–Trinajstić information content (AvgIpc) is 3.13. The van der Waals surface area contributed by atoms with Gasteiger partial charge in [0.05, 0.1) is 22.4 Å². The lowest BCUT2D eigenvalue weighted by molar-refractivity contribution is 0.0619. The smallest absolute Gasteiger partial charge is 0.143 e. The van der Waals surface area contributed by atoms with Gasteiger partial charge in [-0.15, -0.1) is 0 Å². The van der Waals surface area contributed by atoms with Gasteiger partial charge in [-0.25, -0.2) is 4.98 Å². The molecule has 7 nitrogen and oxygen atoms in total. The van der Waals surface area contributed by atoms with Crippen LogP contribution in [0.3, 0.4) is 0 Å². The number of ether oxygens (including phenoxy) is 1. The molecule has 3 aromatic heterocycles. The number of nitrogens with two attached hydrogens (primary N) is 1. The van der Waals surface area contributed by atoms with Crippen molar-refractivity contribution in [2.75, 3.05) is 40.4 Å². The zero-order valence-electron chi connectivity index (χ0n) is 19.9. The maximum atomic E-state index is 6.14. The van der Waals surface area contributed by atoms with Crippen molar-refractivity contribution in [1.29, 1.82) is 0 Å². The van der Waals surface area contributed by atoms with Gasteiger partial charge in [-0.2, -0.15) is 0 Å². The maximum absolute atomic E-state index is 6.14. The van der Waals surface area contributed by atoms with Gasteiger partial charge >= 0.3 is 0 Å². The van der Waals surface area contributed by atoms with Crippen molar-refractivity contribution < 1.29 is 4.74 Å². The fourth-order valence-corrected chi connectivity index (χ4v) is 5.08. The van der Waals surface area contributed by atoms with Crippen LogP contribution < -0.4 is 11.1 Å². The van der Waals surface area contributed by atoms with Crippen molar-refractivity contribution in [2.24, 2.45) is 11.7 Å². The molecule has 0 spiro atoms. The largest absolute Gasteiger partial charge is 0.401 e. The Bertz CT molecular complexity index is 1230. The molecule has 0 saturated carbocycles. The Labute approximate surface area is 195 Å². The molecule has 1 saturated heterocycles. The van der Waals surface area contributed by atoms with Gasteiger partial charge in [-0.05, 0) is 62.9 Å². The van der Waals surface area contributed by atoms with Crippen LogP contribution in [0.1, 0.15) is 37.4 Å². The molecule has 7 heteroatoms. The number of hydrogen-bond acceptors (Lipinski definition) is 6. The van der Waals surface area contributed by atoms with E-state index in [-0.39, 0.29) is 0 Å². The number of pyridine rings is 2. The van der Waals surface area contributed by atoms with Crippen molar-refractivity contribution in [3.8, 4) is 0 Å². The van der Waals surface area contributed by atoms with E-state index in [1.54, 1.807) is 0 Å². The summed E-state index contributed by atoms with van der Waals surface area (Å²) in [6.45, 7) is 6.55. The summed E-state index contributed by atoms with van der Waals surface area (Å²) in [6.07, 6.45) is 7.41. The standard InChI is InChI=1S/C26H34N6O/c1-17(27)24(28-2)20-14-23-25(29-15-20)21-4-5-22(19-6-10-31(3)11-7-19)30-26(21)32(23)16-18-8-12-33-13-9-18/h4-6,14-15,18,28H,7-13,16,27H2,1-3H3/b24-17-. The van der Waals surface area contributed by atoms with Crippen LogP contribution in [0.15, 0.2) is 36.2 Å². The number of aromatic nitrogens is 3. The van der Waals surface area contributed by atoms with Crippen molar-refractivity contribution in [2.45, 2.75) is 32.7 Å². The Balaban J connectivity index is 1.67. The summed E-state index contributed by atoms with van der Waals surface area (Å²) in [4.78, 5) is 12.4. The third-order valence-corrected chi connectivity index (χ3v) is 7.00. The zero-order valence-corrected chi connectivity index (χ0v) is 19.9. The number of rotatable bonds is 5. The Morgan fingerprint density at radius 3 is 2.79 bits per heavy atom. The van der Waals surface area contributed by atoms with Crippen molar-refractivity contribution >= 4 is 33.3 Å². The summed E-state index contributed by atoms with van der Waals surface area (Å²) < 4.78 is 8.00. The molecule has 0 unspecified atom stereocenters. The van der Waals surface area contributed by atoms with Crippen LogP contribution in [0.5, 0.6) is 0 Å². The van der Waals surface area contributed by atoms with Gasteiger partial charge in [0.1, 0.15) is 5.65 Å². The van der Waals surface area contributed by atoms with E-state index >= 15 is 0 Å². The number of fused-ring (bicyclic) bond motifs is 3. The molecule has 0 aliphatic carbocycles. The van der Waals surface area contributed by atoms with E-state index in [9.17, 15) is 0 Å². The zero-order chi connectivity index (χ0) is 22.9. The van der Waals surface area contributed by atoms with Crippen molar-refractivity contribution in [3.63, 3.8) is 0 Å². The van der Waals surface area contributed by atoms with Gasteiger partial charge in [-0.1, -0.05) is 6.08 Å². The van der Waals surface area contributed by atoms with E-state index in [4.69, 9.17) is 20.4 Å². The van der Waals surface area contributed by atoms with E-state index in [1.807, 2.05) is 20.2 Å². The first-order valence-electron chi connectivity index (χ1n) is 11.9. The minimum absolute atomic E-state index is 0.574. The van der Waals surface area contributed by atoms with Gasteiger partial charge < -0.3 is 25.3 Å². The van der Waals surface area contributed by atoms with Crippen molar-refractivity contribution in [3.05, 3.63) is 47.4 Å². The molecule has 0 bridgehead atoms. The predicted octanol–water partition coefficient (Wildman–Crippen LogP) is 3.60. The topological polar surface area (TPSA) is 81.2 Å². The molecule has 0 amide bonds. The second-order valence-corrected chi connectivity index (χ2v) is 9.38. The molecule has 5 rings (SSSR count). The molecule has 5 heterocycles. The van der Waals surface area contributed by atoms with Crippen LogP contribution in [-0.4, -0.2) is 59.8 Å². The van der Waals surface area contributed by atoms with Crippen LogP contribution in [0, 0.1) is 5.92 Å². The summed E-state index contributed by atoms with van der Waals surface area (Å²) in [5.74, 6) is 0.574. The Kier molecular flexibility index (Phi) is 6.08. The second kappa shape index (κ2) is 9.15. The van der Waals surface area contributed by atoms with Crippen LogP contribution in [0.2, 0.25) is 0 Å². The average molecular weight is 447 g/mol. The number of likely N-dealkylation sites (N-methyl/N-ethyl adjacent to an activating group) is 1. The summed E-state index contributed by atoms with van der Waals surface area (Å²) in [7, 11) is 4.06. The molecule has 3 N–H and O–H groups in total. The molecular formula is C26H34N6O. The molecule has 2 aliphatic heterocycles. The van der Waals surface area contributed by atoms with Gasteiger partial charge in [0.2, 0.25) is 0 Å². The van der Waals surface area contributed by atoms with Crippen LogP contribution in [0.4, 0.5) is 0 Å². The molecule has 3 aromatic rings. The summed E-state index contributed by atoms with van der Waals surface area (Å²) in [6, 6.07) is 6.58. The Morgan fingerprint density at radius 1 is 1.27 bits per heavy atom. The fraction of sp³-hybridized carbons (Fsp3) is 0.462. The molecule has 33 heavy (non-hydrogen) atoms. The first-order valence-corrected chi connectivity index (χ1v) is 11.9. The lowest BCUT2D eigenvalue weighted by Crippen LogP contribution is -2.24. The highest BCUT2D eigenvalue weighted by molar-refractivity contribution is 6.05. The highest BCUT2D eigenvalue weighted by Crippen LogP contribution is 2.32. The normalized spacial score (nSPS) is 19.1. The van der Waals surface area contributed by atoms with E-state index in [0.29, 0.717) is 5.92 Å². The molecule has 1 fully saturated rings. The number of allylic oxidation sites excluding steroid dienone is 1. The highest BCUT2D eigenvalue weighted by atomic mass is 16.5. The van der Waals surface area contributed by atoms with Gasteiger partial charge in [0.25, 0.3) is 0 Å². The van der Waals surface area contributed by atoms with Crippen LogP contribution >= 0.6 is 0 Å². The molecule has 0 aromatic carbocycles. The van der Waals surface area contributed by atoms with Crippen LogP contribution in [0.25, 0.3) is 33.3 Å². The number of nitrogens with one attached hydrogen (secondary N) is 1. The first kappa shape index (κ1) is 21.9. The minimum Gasteiger partial charge on any atom is -0.401 e. The number of hydrogen-bond donors (Lipinski definition) is 2. The highest BCUT2D eigenvalue weighted by Gasteiger charge is 2.21. The molecule has 0 radical (unpaired) electrons. The maximum Gasteiger partial charge on any atom is 0.143 e. The first-order chi connectivity index (χ1) is 16.0. The summed E-state index contributed by atoms with van der Waals surface area (Å²) >= 11 is 0. The van der Waals surface area contributed by atoms with E-state index in [0.717, 1.165) is 96.8 Å². The van der Waals surface area contributed by atoms with E-state index < -0.39 is 0 Å². The second-order valence-electron chi connectivity index (χ2n) is 9.38. The third-order valence-electron chi connectivity index (χ3n) is 7.00. The lowest BCUT2D eigenvalue weighted by Gasteiger charge is -2.23. The van der Waals surface area contributed by atoms with Crippen LogP contribution in [-0.2, 0) is 11.3 Å². The summed E-state index contributed by atoms with van der Waals surface area (Å²) in [5.41, 5.74) is 14.4. The van der Waals surface area contributed by atoms with Gasteiger partial charge in [-0.3, -0.25) is 4.98 Å². The van der Waals surface area contributed by atoms with E-state index in [2.05, 4.69) is 46.1 Å². The summed E-state index contributed by atoms with van der Waals surface area (Å²) in [5, 5.41) is 4.35. The Hall–Kier alpha value is -2.90. The van der Waals surface area contributed by atoms with Gasteiger partial charge in [0, 0.05) is 62.7 Å². The Morgan fingerprint density at radius 2 is 2.09 bits per heavy atom.